The third-order valence-corrected chi connectivity index (χ3v) is 6.96. The van der Waals surface area contributed by atoms with Crippen LogP contribution in [0.2, 0.25) is 0 Å². The fraction of sp³-hybridized carbons (Fsp3) is 0.938. The van der Waals surface area contributed by atoms with Crippen molar-refractivity contribution in [1.29, 1.82) is 0 Å². The third-order valence-electron chi connectivity index (χ3n) is 5.08. The molecule has 22 heavy (non-hydrogen) atoms. The maximum Gasteiger partial charge on any atom is 0.220 e. The molecule has 6 heteroatoms. The molecule has 1 amide bonds. The van der Waals surface area contributed by atoms with Crippen LogP contribution in [0.25, 0.3) is 0 Å². The average Bonchev–Trinajstić information content (AvgIpc) is 2.54. The van der Waals surface area contributed by atoms with Gasteiger partial charge in [-0.25, -0.2) is 12.7 Å². The summed E-state index contributed by atoms with van der Waals surface area (Å²) in [5.74, 6) is 1.03. The summed E-state index contributed by atoms with van der Waals surface area (Å²) < 4.78 is 25.2. The molecule has 1 heterocycles. The molecular weight excluding hydrogens is 300 g/mol. The van der Waals surface area contributed by atoms with Crippen LogP contribution in [0, 0.1) is 5.92 Å². The predicted octanol–water partition coefficient (Wildman–Crippen LogP) is 2.28. The number of carbonyl (C=O) groups is 1. The fourth-order valence-electron chi connectivity index (χ4n) is 3.57. The monoisotopic (exact) mass is 330 g/mol. The Hall–Kier alpha value is -0.620. The molecular formula is C16H30N2O3S. The Morgan fingerprint density at radius 1 is 1.09 bits per heavy atom. The van der Waals surface area contributed by atoms with Gasteiger partial charge >= 0.3 is 0 Å². The molecule has 0 aromatic heterocycles. The Balaban J connectivity index is 1.66. The van der Waals surface area contributed by atoms with Crippen molar-refractivity contribution >= 4 is 15.9 Å². The smallest absolute Gasteiger partial charge is 0.220 e. The standard InChI is InChI=1S/C16H30N2O3S/c1-2-22(20,21)18-12-10-15(11-13-18)17-16(19)9-8-14-6-4-3-5-7-14/h14-15H,2-13H2,1H3,(H,17,19). The van der Waals surface area contributed by atoms with Crippen LogP contribution in [-0.2, 0) is 14.8 Å². The van der Waals surface area contributed by atoms with Gasteiger partial charge in [0.2, 0.25) is 15.9 Å². The van der Waals surface area contributed by atoms with Gasteiger partial charge in [0.1, 0.15) is 0 Å². The Kier molecular flexibility index (Phi) is 6.68. The van der Waals surface area contributed by atoms with Crippen molar-refractivity contribution in [2.45, 2.75) is 70.8 Å². The number of nitrogens with zero attached hydrogens (tertiary/aromatic N) is 1. The zero-order chi connectivity index (χ0) is 16.0. The van der Waals surface area contributed by atoms with Crippen LogP contribution < -0.4 is 5.32 Å². The van der Waals surface area contributed by atoms with Crippen LogP contribution in [0.15, 0.2) is 0 Å². The topological polar surface area (TPSA) is 66.5 Å². The summed E-state index contributed by atoms with van der Waals surface area (Å²) in [6.07, 6.45) is 9.63. The predicted molar refractivity (Wildman–Crippen MR) is 88.0 cm³/mol. The Labute approximate surface area is 134 Å². The number of piperidine rings is 1. The molecule has 1 saturated heterocycles. The summed E-state index contributed by atoms with van der Waals surface area (Å²) in [4.78, 5) is 12.0. The maximum absolute atomic E-state index is 12.0. The number of hydrogen-bond donors (Lipinski definition) is 1. The molecule has 0 radical (unpaired) electrons. The Bertz CT molecular complexity index is 450. The minimum Gasteiger partial charge on any atom is -0.353 e. The molecule has 0 aromatic carbocycles. The lowest BCUT2D eigenvalue weighted by Crippen LogP contribution is -2.46. The van der Waals surface area contributed by atoms with E-state index in [-0.39, 0.29) is 17.7 Å². The molecule has 128 valence electrons. The van der Waals surface area contributed by atoms with Gasteiger partial charge < -0.3 is 5.32 Å². The van der Waals surface area contributed by atoms with Crippen LogP contribution in [0.1, 0.15) is 64.7 Å². The number of nitrogens with one attached hydrogen (secondary N) is 1. The summed E-state index contributed by atoms with van der Waals surface area (Å²) in [5.41, 5.74) is 0. The summed E-state index contributed by atoms with van der Waals surface area (Å²) in [5, 5.41) is 3.09. The van der Waals surface area contributed by atoms with Crippen LogP contribution in [0.3, 0.4) is 0 Å². The molecule has 0 unspecified atom stereocenters. The van der Waals surface area contributed by atoms with E-state index >= 15 is 0 Å². The van der Waals surface area contributed by atoms with Gasteiger partial charge in [0, 0.05) is 25.6 Å². The highest BCUT2D eigenvalue weighted by atomic mass is 32.2. The highest BCUT2D eigenvalue weighted by molar-refractivity contribution is 7.89. The summed E-state index contributed by atoms with van der Waals surface area (Å²) in [6.45, 7) is 2.74. The van der Waals surface area contributed by atoms with Crippen molar-refractivity contribution in [2.24, 2.45) is 5.92 Å². The van der Waals surface area contributed by atoms with Crippen molar-refractivity contribution < 1.29 is 13.2 Å². The molecule has 0 bridgehead atoms. The van der Waals surface area contributed by atoms with Crippen molar-refractivity contribution in [3.05, 3.63) is 0 Å². The minimum absolute atomic E-state index is 0.141. The van der Waals surface area contributed by atoms with E-state index in [0.29, 0.717) is 19.5 Å². The average molecular weight is 330 g/mol. The Morgan fingerprint density at radius 2 is 1.73 bits per heavy atom. The second kappa shape index (κ2) is 8.29. The zero-order valence-electron chi connectivity index (χ0n) is 13.7. The van der Waals surface area contributed by atoms with Crippen LogP contribution in [-0.4, -0.2) is 43.5 Å². The first-order valence-electron chi connectivity index (χ1n) is 8.78. The quantitative estimate of drug-likeness (QED) is 0.812. The van der Waals surface area contributed by atoms with Crippen molar-refractivity contribution in [3.63, 3.8) is 0 Å². The highest BCUT2D eigenvalue weighted by Crippen LogP contribution is 2.27. The van der Waals surface area contributed by atoms with E-state index in [4.69, 9.17) is 0 Å². The third kappa shape index (κ3) is 5.23. The Morgan fingerprint density at radius 3 is 2.32 bits per heavy atom. The molecule has 1 aliphatic heterocycles. The van der Waals surface area contributed by atoms with Crippen molar-refractivity contribution in [3.8, 4) is 0 Å². The van der Waals surface area contributed by atoms with Gasteiger partial charge in [-0.1, -0.05) is 32.1 Å². The van der Waals surface area contributed by atoms with E-state index in [2.05, 4.69) is 5.32 Å². The van der Waals surface area contributed by atoms with Crippen molar-refractivity contribution in [1.82, 2.24) is 9.62 Å². The molecule has 1 N–H and O–H groups in total. The van der Waals surface area contributed by atoms with E-state index in [1.54, 1.807) is 11.2 Å². The van der Waals surface area contributed by atoms with E-state index in [0.717, 1.165) is 25.2 Å². The van der Waals surface area contributed by atoms with E-state index < -0.39 is 10.0 Å². The van der Waals surface area contributed by atoms with Crippen LogP contribution in [0.5, 0.6) is 0 Å². The molecule has 0 aromatic rings. The van der Waals surface area contributed by atoms with Crippen molar-refractivity contribution in [2.75, 3.05) is 18.8 Å². The van der Waals surface area contributed by atoms with Crippen LogP contribution in [0.4, 0.5) is 0 Å². The van der Waals surface area contributed by atoms with E-state index in [9.17, 15) is 13.2 Å². The number of hydrogen-bond acceptors (Lipinski definition) is 3. The normalized spacial score (nSPS) is 22.6. The zero-order valence-corrected chi connectivity index (χ0v) is 14.5. The fourth-order valence-corrected chi connectivity index (χ4v) is 4.70. The summed E-state index contributed by atoms with van der Waals surface area (Å²) >= 11 is 0. The van der Waals surface area contributed by atoms with Gasteiger partial charge in [0.25, 0.3) is 0 Å². The second-order valence-electron chi connectivity index (χ2n) is 6.68. The molecule has 0 spiro atoms. The highest BCUT2D eigenvalue weighted by Gasteiger charge is 2.27. The summed E-state index contributed by atoms with van der Waals surface area (Å²) in [6, 6.07) is 0.141. The first-order chi connectivity index (χ1) is 10.5. The largest absolute Gasteiger partial charge is 0.353 e. The van der Waals surface area contributed by atoms with Gasteiger partial charge in [-0.15, -0.1) is 0 Å². The number of rotatable bonds is 6. The molecule has 2 rings (SSSR count). The number of sulfonamides is 1. The van der Waals surface area contributed by atoms with Gasteiger partial charge in [0.15, 0.2) is 0 Å². The lowest BCUT2D eigenvalue weighted by atomic mass is 9.86. The minimum atomic E-state index is -3.08. The molecule has 1 aliphatic carbocycles. The number of amides is 1. The maximum atomic E-state index is 12.0. The first-order valence-corrected chi connectivity index (χ1v) is 10.4. The molecule has 2 aliphatic rings. The van der Waals surface area contributed by atoms with Crippen LogP contribution >= 0.6 is 0 Å². The molecule has 0 atom stereocenters. The van der Waals surface area contributed by atoms with E-state index in [1.807, 2.05) is 0 Å². The SMILES string of the molecule is CCS(=O)(=O)N1CCC(NC(=O)CCC2CCCCC2)CC1. The first kappa shape index (κ1) is 17.7. The van der Waals surface area contributed by atoms with Gasteiger partial charge in [0.05, 0.1) is 5.75 Å². The molecule has 2 fully saturated rings. The summed E-state index contributed by atoms with van der Waals surface area (Å²) in [7, 11) is -3.08. The van der Waals surface area contributed by atoms with Gasteiger partial charge in [-0.05, 0) is 32.1 Å². The lowest BCUT2D eigenvalue weighted by molar-refractivity contribution is -0.122. The lowest BCUT2D eigenvalue weighted by Gasteiger charge is -2.31. The van der Waals surface area contributed by atoms with Gasteiger partial charge in [-0.2, -0.15) is 0 Å². The second-order valence-corrected chi connectivity index (χ2v) is 8.94. The molecule has 1 saturated carbocycles. The number of carbonyl (C=O) groups excluding carboxylic acids is 1. The van der Waals surface area contributed by atoms with E-state index in [1.165, 1.54) is 32.1 Å². The van der Waals surface area contributed by atoms with Gasteiger partial charge in [-0.3, -0.25) is 4.79 Å². The molecule has 5 nitrogen and oxygen atoms in total.